The Morgan fingerprint density at radius 1 is 1.15 bits per heavy atom. The lowest BCUT2D eigenvalue weighted by atomic mass is 10.1. The van der Waals surface area contributed by atoms with Crippen LogP contribution >= 0.6 is 0 Å². The molecule has 1 atom stereocenters. The zero-order chi connectivity index (χ0) is 23.2. The first kappa shape index (κ1) is 22.7. The van der Waals surface area contributed by atoms with Gasteiger partial charge in [-0.25, -0.2) is 4.39 Å². The van der Waals surface area contributed by atoms with Crippen molar-refractivity contribution in [3.63, 3.8) is 0 Å². The van der Waals surface area contributed by atoms with Crippen molar-refractivity contribution in [1.29, 1.82) is 0 Å². The van der Waals surface area contributed by atoms with Gasteiger partial charge >= 0.3 is 0 Å². The minimum absolute atomic E-state index is 0.140. The highest BCUT2D eigenvalue weighted by Gasteiger charge is 2.26. The highest BCUT2D eigenvalue weighted by molar-refractivity contribution is 6.00. The number of ether oxygens (including phenoxy) is 1. The maximum absolute atomic E-state index is 15.1. The number of hydrogen-bond acceptors (Lipinski definition) is 5. The number of likely N-dealkylation sites (N-methyl/N-ethyl adjacent to an activating group) is 1. The number of nitrogens with zero attached hydrogens (tertiary/aromatic N) is 3. The summed E-state index contributed by atoms with van der Waals surface area (Å²) in [7, 11) is 3.84. The molecule has 6 nitrogen and oxygen atoms in total. The van der Waals surface area contributed by atoms with Gasteiger partial charge in [-0.3, -0.25) is 9.78 Å². The van der Waals surface area contributed by atoms with Gasteiger partial charge in [-0.15, -0.1) is 0 Å². The molecule has 4 rings (SSSR count). The van der Waals surface area contributed by atoms with Crippen LogP contribution in [-0.4, -0.2) is 49.5 Å². The van der Waals surface area contributed by atoms with Gasteiger partial charge in [0, 0.05) is 57.1 Å². The Hall–Kier alpha value is -3.45. The van der Waals surface area contributed by atoms with Crippen molar-refractivity contribution in [3.05, 3.63) is 89.5 Å². The van der Waals surface area contributed by atoms with Crippen molar-refractivity contribution >= 4 is 11.6 Å². The van der Waals surface area contributed by atoms with Crippen LogP contribution in [0.5, 0.6) is 5.75 Å². The molecule has 0 bridgehead atoms. The highest BCUT2D eigenvalue weighted by Crippen LogP contribution is 2.28. The molecule has 33 heavy (non-hydrogen) atoms. The van der Waals surface area contributed by atoms with Gasteiger partial charge in [0.2, 0.25) is 0 Å². The zero-order valence-electron chi connectivity index (χ0n) is 19.0. The molecule has 2 heterocycles. The van der Waals surface area contributed by atoms with E-state index in [0.29, 0.717) is 30.0 Å². The van der Waals surface area contributed by atoms with E-state index in [2.05, 4.69) is 10.3 Å². The molecule has 0 fully saturated rings. The summed E-state index contributed by atoms with van der Waals surface area (Å²) < 4.78 is 21.2. The molecule has 0 saturated heterocycles. The number of aromatic nitrogens is 1. The van der Waals surface area contributed by atoms with E-state index in [1.54, 1.807) is 29.4 Å². The van der Waals surface area contributed by atoms with Crippen LogP contribution in [0.25, 0.3) is 0 Å². The van der Waals surface area contributed by atoms with Crippen LogP contribution in [0.2, 0.25) is 0 Å². The normalized spacial score (nSPS) is 14.6. The molecule has 0 radical (unpaired) electrons. The molecular formula is C26H29FN4O2. The minimum atomic E-state index is -0.385. The fourth-order valence-electron chi connectivity index (χ4n) is 4.03. The number of fused-ring (bicyclic) bond motifs is 1. The summed E-state index contributed by atoms with van der Waals surface area (Å²) in [4.78, 5) is 20.9. The third kappa shape index (κ3) is 5.31. The SMILES string of the molecule is CNCC[C@H](Oc1ccc(CN2CCN(C)c3ccncc3C2=O)c(F)c1)c1ccccc1. The fraction of sp³-hybridized carbons (Fsp3) is 0.308. The van der Waals surface area contributed by atoms with Crippen molar-refractivity contribution in [2.24, 2.45) is 0 Å². The molecule has 1 N–H and O–H groups in total. The van der Waals surface area contributed by atoms with E-state index in [-0.39, 0.29) is 24.4 Å². The third-order valence-electron chi connectivity index (χ3n) is 5.92. The molecule has 1 aromatic heterocycles. The minimum Gasteiger partial charge on any atom is -0.486 e. The summed E-state index contributed by atoms with van der Waals surface area (Å²) in [5.74, 6) is -0.0548. The van der Waals surface area contributed by atoms with Crippen LogP contribution in [0.1, 0.15) is 34.0 Å². The van der Waals surface area contributed by atoms with E-state index in [9.17, 15) is 4.79 Å². The number of carbonyl (C=O) groups excluding carboxylic acids is 1. The molecule has 2 aromatic carbocycles. The van der Waals surface area contributed by atoms with Crippen LogP contribution < -0.4 is 15.0 Å². The summed E-state index contributed by atoms with van der Waals surface area (Å²) in [5.41, 5.74) is 2.88. The average Bonchev–Trinajstić information content (AvgIpc) is 2.96. The van der Waals surface area contributed by atoms with Crippen molar-refractivity contribution in [2.75, 3.05) is 38.6 Å². The Bertz CT molecular complexity index is 1090. The van der Waals surface area contributed by atoms with Gasteiger partial charge in [-0.2, -0.15) is 0 Å². The lowest BCUT2D eigenvalue weighted by Crippen LogP contribution is -2.33. The molecule has 1 aliphatic heterocycles. The average molecular weight is 449 g/mol. The summed E-state index contributed by atoms with van der Waals surface area (Å²) in [6.07, 6.45) is 3.83. The Kier molecular flexibility index (Phi) is 7.19. The maximum atomic E-state index is 15.1. The van der Waals surface area contributed by atoms with Crippen molar-refractivity contribution in [2.45, 2.75) is 19.1 Å². The zero-order valence-corrected chi connectivity index (χ0v) is 19.0. The Morgan fingerprint density at radius 2 is 1.97 bits per heavy atom. The van der Waals surface area contributed by atoms with Gasteiger partial charge < -0.3 is 19.9 Å². The van der Waals surface area contributed by atoms with Crippen LogP contribution in [-0.2, 0) is 6.54 Å². The van der Waals surface area contributed by atoms with E-state index in [1.807, 2.05) is 55.4 Å². The van der Waals surface area contributed by atoms with E-state index >= 15 is 4.39 Å². The first-order valence-corrected chi connectivity index (χ1v) is 11.2. The molecule has 0 spiro atoms. The van der Waals surface area contributed by atoms with Crippen LogP contribution in [0.15, 0.2) is 67.0 Å². The first-order valence-electron chi connectivity index (χ1n) is 11.2. The van der Waals surface area contributed by atoms with Crippen LogP contribution in [0.3, 0.4) is 0 Å². The third-order valence-corrected chi connectivity index (χ3v) is 5.92. The number of carbonyl (C=O) groups is 1. The Morgan fingerprint density at radius 3 is 2.73 bits per heavy atom. The van der Waals surface area contributed by atoms with Gasteiger partial charge in [0.05, 0.1) is 11.3 Å². The quantitative estimate of drug-likeness (QED) is 0.564. The molecule has 0 saturated carbocycles. The lowest BCUT2D eigenvalue weighted by Gasteiger charge is -2.22. The van der Waals surface area contributed by atoms with E-state index < -0.39 is 0 Å². The van der Waals surface area contributed by atoms with Crippen LogP contribution in [0.4, 0.5) is 10.1 Å². The molecule has 1 amide bonds. The van der Waals surface area contributed by atoms with Gasteiger partial charge in [-0.05, 0) is 31.3 Å². The lowest BCUT2D eigenvalue weighted by molar-refractivity contribution is 0.0753. The highest BCUT2D eigenvalue weighted by atomic mass is 19.1. The fourth-order valence-corrected chi connectivity index (χ4v) is 4.03. The number of rotatable bonds is 8. The molecule has 172 valence electrons. The number of nitrogens with one attached hydrogen (secondary N) is 1. The monoisotopic (exact) mass is 448 g/mol. The number of halogens is 1. The molecule has 3 aromatic rings. The summed E-state index contributed by atoms with van der Waals surface area (Å²) in [5, 5.41) is 3.14. The number of anilines is 1. The van der Waals surface area contributed by atoms with E-state index in [4.69, 9.17) is 4.74 Å². The Balaban J connectivity index is 1.50. The summed E-state index contributed by atoms with van der Waals surface area (Å²) >= 11 is 0. The summed E-state index contributed by atoms with van der Waals surface area (Å²) in [6.45, 7) is 2.13. The number of amides is 1. The van der Waals surface area contributed by atoms with Crippen LogP contribution in [0, 0.1) is 5.82 Å². The number of hydrogen-bond donors (Lipinski definition) is 1. The Labute approximate surface area is 194 Å². The molecule has 0 unspecified atom stereocenters. The predicted molar refractivity (Wildman–Crippen MR) is 127 cm³/mol. The second-order valence-corrected chi connectivity index (χ2v) is 8.20. The number of benzene rings is 2. The summed E-state index contributed by atoms with van der Waals surface area (Å²) in [6, 6.07) is 16.7. The second-order valence-electron chi connectivity index (χ2n) is 8.20. The smallest absolute Gasteiger partial charge is 0.257 e. The first-order chi connectivity index (χ1) is 16.1. The largest absolute Gasteiger partial charge is 0.486 e. The molecule has 7 heteroatoms. The van der Waals surface area contributed by atoms with Gasteiger partial charge in [0.15, 0.2) is 0 Å². The van der Waals surface area contributed by atoms with E-state index in [0.717, 1.165) is 24.2 Å². The molecular weight excluding hydrogens is 419 g/mol. The van der Waals surface area contributed by atoms with Crippen molar-refractivity contribution in [3.8, 4) is 5.75 Å². The van der Waals surface area contributed by atoms with Gasteiger partial charge in [0.1, 0.15) is 17.7 Å². The standard InChI is InChI=1S/C26H29FN4O2/c1-28-12-11-25(19-6-4-3-5-7-19)33-21-9-8-20(23(27)16-21)18-31-15-14-30(2)24-10-13-29-17-22(24)26(31)32/h3-10,13,16-17,25,28H,11-12,14-15,18H2,1-2H3/t25-/m0/s1. The second kappa shape index (κ2) is 10.4. The van der Waals surface area contributed by atoms with Gasteiger partial charge in [0.25, 0.3) is 5.91 Å². The van der Waals surface area contributed by atoms with Gasteiger partial charge in [-0.1, -0.05) is 36.4 Å². The van der Waals surface area contributed by atoms with E-state index in [1.165, 1.54) is 6.07 Å². The van der Waals surface area contributed by atoms with Crippen molar-refractivity contribution < 1.29 is 13.9 Å². The maximum Gasteiger partial charge on any atom is 0.257 e. The molecule has 0 aliphatic carbocycles. The van der Waals surface area contributed by atoms with Crippen molar-refractivity contribution in [1.82, 2.24) is 15.2 Å². The molecule has 1 aliphatic rings. The predicted octanol–water partition coefficient (Wildman–Crippen LogP) is 4.04. The number of pyridine rings is 1. The topological polar surface area (TPSA) is 57.7 Å².